The van der Waals surface area contributed by atoms with Crippen LogP contribution in [0.15, 0.2) is 65.2 Å². The highest BCUT2D eigenvalue weighted by Crippen LogP contribution is 2.49. The molecule has 5 aromatic rings. The van der Waals surface area contributed by atoms with Gasteiger partial charge in [0.05, 0.1) is 10.9 Å². The summed E-state index contributed by atoms with van der Waals surface area (Å²) in [7, 11) is 2.08. The molecule has 0 aliphatic carbocycles. The monoisotopic (exact) mass is 338 g/mol. The molecule has 3 aromatic carbocycles. The van der Waals surface area contributed by atoms with Crippen LogP contribution in [0.25, 0.3) is 44.0 Å². The van der Waals surface area contributed by atoms with Crippen LogP contribution in [-0.2, 0) is 7.05 Å². The molecule has 0 radical (unpaired) electrons. The Hall–Kier alpha value is -3.33. The van der Waals surface area contributed by atoms with Crippen LogP contribution in [0.5, 0.6) is 11.5 Å². The fourth-order valence-corrected chi connectivity index (χ4v) is 4.22. The fraction of sp³-hybridized carbons (Fsp3) is 0.0870. The van der Waals surface area contributed by atoms with Crippen molar-refractivity contribution in [1.82, 2.24) is 0 Å². The van der Waals surface area contributed by atoms with E-state index in [9.17, 15) is 0 Å². The molecule has 26 heavy (non-hydrogen) atoms. The molecule has 2 aromatic heterocycles. The summed E-state index contributed by atoms with van der Waals surface area (Å²) in [5, 5.41) is 4.55. The first-order valence-corrected chi connectivity index (χ1v) is 8.77. The van der Waals surface area contributed by atoms with E-state index < -0.39 is 0 Å². The van der Waals surface area contributed by atoms with Crippen molar-refractivity contribution in [3.8, 4) is 22.8 Å². The number of rotatable bonds is 0. The lowest BCUT2D eigenvalue weighted by molar-refractivity contribution is -0.659. The molecule has 0 atom stereocenters. The predicted molar refractivity (Wildman–Crippen MR) is 103 cm³/mol. The van der Waals surface area contributed by atoms with E-state index in [-0.39, 0.29) is 0 Å². The number of ether oxygens (including phenoxy) is 1. The van der Waals surface area contributed by atoms with Gasteiger partial charge in [0, 0.05) is 10.8 Å². The molecule has 0 unspecified atom stereocenters. The fourth-order valence-electron chi connectivity index (χ4n) is 4.22. The summed E-state index contributed by atoms with van der Waals surface area (Å²) in [6.45, 7) is 2.16. The Morgan fingerprint density at radius 1 is 0.885 bits per heavy atom. The Morgan fingerprint density at radius 2 is 1.77 bits per heavy atom. The van der Waals surface area contributed by atoms with Gasteiger partial charge in [0.1, 0.15) is 18.4 Å². The van der Waals surface area contributed by atoms with Gasteiger partial charge in [-0.2, -0.15) is 4.57 Å². The van der Waals surface area contributed by atoms with Crippen LogP contribution >= 0.6 is 0 Å². The zero-order chi connectivity index (χ0) is 17.4. The maximum atomic E-state index is 6.41. The molecular weight excluding hydrogens is 322 g/mol. The number of hydrogen-bond donors (Lipinski definition) is 0. The van der Waals surface area contributed by atoms with Gasteiger partial charge in [0.25, 0.3) is 5.69 Å². The van der Waals surface area contributed by atoms with Gasteiger partial charge >= 0.3 is 0 Å². The maximum Gasteiger partial charge on any atom is 0.260 e. The second kappa shape index (κ2) is 4.64. The largest absolute Gasteiger partial charge is 0.452 e. The van der Waals surface area contributed by atoms with Gasteiger partial charge in [0.2, 0.25) is 5.75 Å². The van der Waals surface area contributed by atoms with Crippen molar-refractivity contribution in [2.75, 3.05) is 0 Å². The molecular formula is C23H16NO2+. The summed E-state index contributed by atoms with van der Waals surface area (Å²) in [5.74, 6) is 1.69. The molecule has 0 saturated heterocycles. The Morgan fingerprint density at radius 3 is 2.69 bits per heavy atom. The van der Waals surface area contributed by atoms with Crippen LogP contribution in [0.3, 0.4) is 0 Å². The summed E-state index contributed by atoms with van der Waals surface area (Å²) in [6.07, 6.45) is 2.15. The van der Waals surface area contributed by atoms with Crippen LogP contribution in [0.2, 0.25) is 0 Å². The number of benzene rings is 3. The van der Waals surface area contributed by atoms with Gasteiger partial charge < -0.3 is 9.15 Å². The minimum Gasteiger partial charge on any atom is -0.452 e. The van der Waals surface area contributed by atoms with E-state index >= 15 is 0 Å². The van der Waals surface area contributed by atoms with E-state index in [1.54, 1.807) is 0 Å². The first-order valence-electron chi connectivity index (χ1n) is 8.77. The molecule has 0 amide bonds. The summed E-state index contributed by atoms with van der Waals surface area (Å²) < 4.78 is 14.8. The van der Waals surface area contributed by atoms with Crippen LogP contribution in [0.1, 0.15) is 5.56 Å². The summed E-state index contributed by atoms with van der Waals surface area (Å²) in [6, 6.07) is 18.7. The number of para-hydroxylation sites is 1. The minimum absolute atomic E-state index is 0.801. The van der Waals surface area contributed by atoms with Crippen molar-refractivity contribution < 1.29 is 13.7 Å². The molecule has 0 spiro atoms. The third-order valence-corrected chi connectivity index (χ3v) is 5.40. The zero-order valence-electron chi connectivity index (χ0n) is 14.5. The Balaban J connectivity index is 1.85. The van der Waals surface area contributed by atoms with Crippen molar-refractivity contribution in [2.24, 2.45) is 7.05 Å². The lowest BCUT2D eigenvalue weighted by atomic mass is 9.93. The highest BCUT2D eigenvalue weighted by atomic mass is 16.5. The second-order valence-corrected chi connectivity index (χ2v) is 6.97. The number of aromatic nitrogens is 1. The van der Waals surface area contributed by atoms with Crippen molar-refractivity contribution in [1.29, 1.82) is 0 Å². The Bertz CT molecular complexity index is 1380. The second-order valence-electron chi connectivity index (χ2n) is 6.97. The van der Waals surface area contributed by atoms with E-state index in [0.717, 1.165) is 39.1 Å². The lowest BCUT2D eigenvalue weighted by Gasteiger charge is -2.20. The van der Waals surface area contributed by atoms with E-state index in [1.165, 1.54) is 21.9 Å². The van der Waals surface area contributed by atoms with E-state index in [1.807, 2.05) is 30.3 Å². The van der Waals surface area contributed by atoms with Crippen molar-refractivity contribution >= 4 is 32.7 Å². The van der Waals surface area contributed by atoms with Crippen LogP contribution in [0, 0.1) is 6.92 Å². The highest BCUT2D eigenvalue weighted by Gasteiger charge is 2.33. The number of hydrogen-bond acceptors (Lipinski definition) is 2. The van der Waals surface area contributed by atoms with Crippen LogP contribution in [-0.4, -0.2) is 0 Å². The van der Waals surface area contributed by atoms with Crippen molar-refractivity contribution in [3.05, 3.63) is 66.4 Å². The average Bonchev–Trinajstić information content (AvgIpc) is 3.03. The number of pyridine rings is 1. The zero-order valence-corrected chi connectivity index (χ0v) is 14.5. The smallest absolute Gasteiger partial charge is 0.260 e. The van der Waals surface area contributed by atoms with Gasteiger partial charge in [-0.25, -0.2) is 0 Å². The SMILES string of the molecule is Cc1ccc2cccc3c2c1-c1c(c2oc4ccccc4c2c[n+]1C)O3. The van der Waals surface area contributed by atoms with Crippen LogP contribution < -0.4 is 9.30 Å². The quantitative estimate of drug-likeness (QED) is 0.335. The molecule has 1 aliphatic heterocycles. The van der Waals surface area contributed by atoms with Crippen molar-refractivity contribution in [3.63, 3.8) is 0 Å². The minimum atomic E-state index is 0.801. The van der Waals surface area contributed by atoms with Gasteiger partial charge in [-0.3, -0.25) is 0 Å². The number of furan rings is 1. The number of nitrogens with zero attached hydrogens (tertiary/aromatic N) is 1. The van der Waals surface area contributed by atoms with Gasteiger partial charge in [-0.15, -0.1) is 0 Å². The molecule has 3 heteroatoms. The molecule has 3 nitrogen and oxygen atoms in total. The van der Waals surface area contributed by atoms with E-state index in [0.29, 0.717) is 0 Å². The van der Waals surface area contributed by atoms with Crippen LogP contribution in [0.4, 0.5) is 0 Å². The molecule has 0 N–H and O–H groups in total. The standard InChI is InChI=1S/C23H16NO2/c1-13-10-11-14-6-5-9-18-20(14)19(13)21-23(26-18)22-16(12-24(21)2)15-7-3-4-8-17(15)25-22/h3-12H,1-2H3/q+1. The molecule has 3 heterocycles. The first kappa shape index (κ1) is 13.9. The third kappa shape index (κ3) is 1.60. The summed E-state index contributed by atoms with van der Waals surface area (Å²) in [5.41, 5.74) is 5.22. The molecule has 0 bridgehead atoms. The Kier molecular flexibility index (Phi) is 2.48. The van der Waals surface area contributed by atoms with E-state index in [2.05, 4.69) is 49.0 Å². The molecule has 6 rings (SSSR count). The van der Waals surface area contributed by atoms with Gasteiger partial charge in [-0.05, 0) is 30.0 Å². The number of fused-ring (bicyclic) bond motifs is 6. The molecule has 1 aliphatic rings. The van der Waals surface area contributed by atoms with Crippen molar-refractivity contribution in [2.45, 2.75) is 6.92 Å². The topological polar surface area (TPSA) is 26.2 Å². The average molecular weight is 338 g/mol. The molecule has 0 saturated carbocycles. The molecule has 124 valence electrons. The maximum absolute atomic E-state index is 6.41. The molecule has 0 fully saturated rings. The highest BCUT2D eigenvalue weighted by molar-refractivity contribution is 6.10. The van der Waals surface area contributed by atoms with Gasteiger partial charge in [-0.1, -0.05) is 42.5 Å². The summed E-state index contributed by atoms with van der Waals surface area (Å²) >= 11 is 0. The summed E-state index contributed by atoms with van der Waals surface area (Å²) in [4.78, 5) is 0. The number of aryl methyl sites for hydroxylation is 2. The lowest BCUT2D eigenvalue weighted by Crippen LogP contribution is -2.32. The first-order chi connectivity index (χ1) is 12.7. The van der Waals surface area contributed by atoms with E-state index in [4.69, 9.17) is 9.15 Å². The van der Waals surface area contributed by atoms with Gasteiger partial charge in [0.15, 0.2) is 11.8 Å². The Labute approximate surface area is 150 Å². The normalized spacial score (nSPS) is 12.5. The predicted octanol–water partition coefficient (Wildman–Crippen LogP) is 5.64. The third-order valence-electron chi connectivity index (χ3n) is 5.40.